The largest absolute Gasteiger partial charge is 0.492 e. The first-order chi connectivity index (χ1) is 11.3. The third-order valence-electron chi connectivity index (χ3n) is 3.40. The van der Waals surface area contributed by atoms with Crippen molar-refractivity contribution in [2.75, 3.05) is 6.61 Å². The molecule has 0 amide bonds. The van der Waals surface area contributed by atoms with Crippen LogP contribution in [0.2, 0.25) is 0 Å². The monoisotopic (exact) mass is 344 g/mol. The molecule has 0 radical (unpaired) electrons. The second kappa shape index (κ2) is 7.62. The number of aromatic nitrogens is 1. The lowest BCUT2D eigenvalue weighted by atomic mass is 10.3. The Kier molecular flexibility index (Phi) is 5.31. The number of hydrogen-bond acceptors (Lipinski definition) is 4. The molecule has 0 fully saturated rings. The van der Waals surface area contributed by atoms with Gasteiger partial charge in [0.25, 0.3) is 0 Å². The molecule has 0 unspecified atom stereocenters. The summed E-state index contributed by atoms with van der Waals surface area (Å²) in [5.74, 6) is 0.837. The van der Waals surface area contributed by atoms with Crippen molar-refractivity contribution in [1.29, 1.82) is 0 Å². The highest BCUT2D eigenvalue weighted by atomic mass is 32.1. The highest BCUT2D eigenvalue weighted by Gasteiger charge is 2.09. The van der Waals surface area contributed by atoms with Gasteiger partial charge in [-0.2, -0.15) is 0 Å². The number of rotatable bonds is 6. The predicted molar refractivity (Wildman–Crippen MR) is 98.7 cm³/mol. The lowest BCUT2D eigenvalue weighted by Crippen LogP contribution is -2.15. The van der Waals surface area contributed by atoms with E-state index in [9.17, 15) is 0 Å². The molecular weight excluding hydrogens is 324 g/mol. The Morgan fingerprint density at radius 2 is 1.96 bits per heavy atom. The van der Waals surface area contributed by atoms with Crippen LogP contribution in [0.1, 0.15) is 20.3 Å². The van der Waals surface area contributed by atoms with Gasteiger partial charge in [-0.05, 0) is 36.9 Å². The molecule has 3 aromatic rings. The van der Waals surface area contributed by atoms with Crippen molar-refractivity contribution >= 4 is 28.4 Å². The molecule has 120 valence electrons. The molecule has 0 atom stereocenters. The van der Waals surface area contributed by atoms with E-state index in [0.29, 0.717) is 6.61 Å². The Morgan fingerprint density at radius 1 is 1.09 bits per heavy atom. The van der Waals surface area contributed by atoms with E-state index in [4.69, 9.17) is 9.73 Å². The van der Waals surface area contributed by atoms with Crippen LogP contribution in [0.25, 0.3) is 10.6 Å². The van der Waals surface area contributed by atoms with Gasteiger partial charge in [0.2, 0.25) is 0 Å². The van der Waals surface area contributed by atoms with E-state index in [0.717, 1.165) is 29.2 Å². The fourth-order valence-corrected chi connectivity index (χ4v) is 4.18. The highest BCUT2D eigenvalue weighted by Crippen LogP contribution is 2.28. The van der Waals surface area contributed by atoms with E-state index in [1.165, 1.54) is 10.6 Å². The first-order valence-electron chi connectivity index (χ1n) is 7.82. The lowest BCUT2D eigenvalue weighted by molar-refractivity contribution is 0.341. The van der Waals surface area contributed by atoms with E-state index < -0.39 is 0 Å². The van der Waals surface area contributed by atoms with Crippen molar-refractivity contribution in [3.05, 3.63) is 52.0 Å². The number of hydrogen-bond donors (Lipinski definition) is 0. The maximum absolute atomic E-state index is 5.69. The van der Waals surface area contributed by atoms with Crippen LogP contribution in [0, 0.1) is 0 Å². The third-order valence-corrected chi connectivity index (χ3v) is 5.16. The number of nitrogens with zero attached hydrogens (tertiary/aromatic N) is 2. The molecule has 0 saturated heterocycles. The molecule has 0 aliphatic heterocycles. The minimum absolute atomic E-state index is 0.645. The molecule has 23 heavy (non-hydrogen) atoms. The van der Waals surface area contributed by atoms with Gasteiger partial charge in [0, 0.05) is 11.9 Å². The topological polar surface area (TPSA) is 26.5 Å². The predicted octanol–water partition coefficient (Wildman–Crippen LogP) is 5.32. The van der Waals surface area contributed by atoms with Crippen molar-refractivity contribution in [2.24, 2.45) is 4.99 Å². The fourth-order valence-electron chi connectivity index (χ4n) is 2.41. The standard InChI is InChI=1S/C18H20N2OS2/c1-3-11-20-15(17-10-7-12-22-17)13-23-18(20)19-14-8-5-6-9-16(14)21-4-2/h5-10,12-13H,3-4,11H2,1-2H3. The lowest BCUT2D eigenvalue weighted by Gasteiger charge is -2.07. The van der Waals surface area contributed by atoms with Crippen LogP contribution in [0.15, 0.2) is 52.2 Å². The van der Waals surface area contributed by atoms with E-state index in [-0.39, 0.29) is 0 Å². The zero-order chi connectivity index (χ0) is 16.1. The summed E-state index contributed by atoms with van der Waals surface area (Å²) in [6, 6.07) is 12.2. The van der Waals surface area contributed by atoms with E-state index in [1.54, 1.807) is 22.7 Å². The summed E-state index contributed by atoms with van der Waals surface area (Å²) in [5, 5.41) is 4.31. The van der Waals surface area contributed by atoms with Crippen LogP contribution >= 0.6 is 22.7 Å². The Bertz CT molecular complexity index is 816. The maximum atomic E-state index is 5.69. The molecular formula is C18H20N2OS2. The van der Waals surface area contributed by atoms with Crippen molar-refractivity contribution in [2.45, 2.75) is 26.8 Å². The van der Waals surface area contributed by atoms with Crippen molar-refractivity contribution in [1.82, 2.24) is 4.57 Å². The smallest absolute Gasteiger partial charge is 0.190 e. The van der Waals surface area contributed by atoms with Crippen molar-refractivity contribution in [3.63, 3.8) is 0 Å². The second-order valence-electron chi connectivity index (χ2n) is 5.04. The Hall–Kier alpha value is -1.85. The summed E-state index contributed by atoms with van der Waals surface area (Å²) in [6.07, 6.45) is 1.08. The first kappa shape index (κ1) is 16.0. The molecule has 5 heteroatoms. The van der Waals surface area contributed by atoms with Gasteiger partial charge >= 0.3 is 0 Å². The number of para-hydroxylation sites is 2. The van der Waals surface area contributed by atoms with E-state index in [1.807, 2.05) is 31.2 Å². The van der Waals surface area contributed by atoms with Crippen LogP contribution in [-0.2, 0) is 6.54 Å². The average Bonchev–Trinajstić information content (AvgIpc) is 3.20. The Balaban J connectivity index is 2.09. The van der Waals surface area contributed by atoms with Gasteiger partial charge in [-0.15, -0.1) is 22.7 Å². The minimum atomic E-state index is 0.645. The van der Waals surface area contributed by atoms with Crippen molar-refractivity contribution in [3.8, 4) is 16.3 Å². The molecule has 0 aliphatic rings. The summed E-state index contributed by atoms with van der Waals surface area (Å²) in [4.78, 5) is 7.17. The first-order valence-corrected chi connectivity index (χ1v) is 9.58. The summed E-state index contributed by atoms with van der Waals surface area (Å²) in [5.41, 5.74) is 2.14. The van der Waals surface area contributed by atoms with Gasteiger partial charge in [-0.1, -0.05) is 25.1 Å². The van der Waals surface area contributed by atoms with Gasteiger partial charge in [0.15, 0.2) is 4.80 Å². The van der Waals surface area contributed by atoms with Gasteiger partial charge < -0.3 is 9.30 Å². The average molecular weight is 345 g/mol. The van der Waals surface area contributed by atoms with Gasteiger partial charge in [-0.25, -0.2) is 4.99 Å². The molecule has 0 saturated carbocycles. The summed E-state index contributed by atoms with van der Waals surface area (Å²) < 4.78 is 8.00. The molecule has 0 bridgehead atoms. The maximum Gasteiger partial charge on any atom is 0.190 e. The van der Waals surface area contributed by atoms with Crippen LogP contribution in [0.3, 0.4) is 0 Å². The Labute approximate surface area is 144 Å². The molecule has 2 aromatic heterocycles. The number of thiazole rings is 1. The van der Waals surface area contributed by atoms with E-state index in [2.05, 4.69) is 34.4 Å². The summed E-state index contributed by atoms with van der Waals surface area (Å²) >= 11 is 3.45. The minimum Gasteiger partial charge on any atom is -0.492 e. The van der Waals surface area contributed by atoms with Crippen LogP contribution in [0.4, 0.5) is 5.69 Å². The summed E-state index contributed by atoms with van der Waals surface area (Å²) in [7, 11) is 0. The molecule has 3 nitrogen and oxygen atoms in total. The number of benzene rings is 1. The molecule has 0 spiro atoms. The van der Waals surface area contributed by atoms with Gasteiger partial charge in [-0.3, -0.25) is 0 Å². The van der Waals surface area contributed by atoms with Gasteiger partial charge in [0.05, 0.1) is 17.2 Å². The van der Waals surface area contributed by atoms with Gasteiger partial charge in [0.1, 0.15) is 11.4 Å². The van der Waals surface area contributed by atoms with Crippen LogP contribution in [-0.4, -0.2) is 11.2 Å². The van der Waals surface area contributed by atoms with Crippen LogP contribution in [0.5, 0.6) is 5.75 Å². The van der Waals surface area contributed by atoms with Crippen molar-refractivity contribution < 1.29 is 4.74 Å². The SMILES string of the molecule is CCCn1c(-c2cccs2)csc1=Nc1ccccc1OCC. The molecule has 2 heterocycles. The zero-order valence-corrected chi connectivity index (χ0v) is 15.0. The molecule has 1 aromatic carbocycles. The summed E-state index contributed by atoms with van der Waals surface area (Å²) in [6.45, 7) is 5.80. The third kappa shape index (κ3) is 3.57. The Morgan fingerprint density at radius 3 is 2.70 bits per heavy atom. The number of ether oxygens (including phenoxy) is 1. The highest BCUT2D eigenvalue weighted by molar-refractivity contribution is 7.14. The number of thiophene rings is 1. The second-order valence-corrected chi connectivity index (χ2v) is 6.83. The fraction of sp³-hybridized carbons (Fsp3) is 0.278. The normalized spacial score (nSPS) is 11.8. The quantitative estimate of drug-likeness (QED) is 0.594. The van der Waals surface area contributed by atoms with E-state index >= 15 is 0 Å². The zero-order valence-electron chi connectivity index (χ0n) is 13.4. The molecule has 0 N–H and O–H groups in total. The molecule has 3 rings (SSSR count). The molecule has 0 aliphatic carbocycles. The van der Waals surface area contributed by atoms with Crippen LogP contribution < -0.4 is 9.54 Å².